The number of rotatable bonds is 7. The van der Waals surface area contributed by atoms with Gasteiger partial charge in [-0.05, 0) is 38.1 Å². The van der Waals surface area contributed by atoms with Crippen molar-refractivity contribution in [1.82, 2.24) is 5.32 Å². The first kappa shape index (κ1) is 18.7. The molecule has 1 aliphatic heterocycles. The molecule has 1 saturated carbocycles. The van der Waals surface area contributed by atoms with E-state index in [4.69, 9.17) is 15.2 Å². The summed E-state index contributed by atoms with van der Waals surface area (Å²) in [6.07, 6.45) is 7.48. The second kappa shape index (κ2) is 10.4. The highest BCUT2D eigenvalue weighted by Crippen LogP contribution is 2.23. The molecule has 2 rings (SSSR count). The molecular weight excluding hydrogens is 292 g/mol. The highest BCUT2D eigenvalue weighted by Gasteiger charge is 2.25. The zero-order valence-corrected chi connectivity index (χ0v) is 13.5. The van der Waals surface area contributed by atoms with Crippen LogP contribution in [0.1, 0.15) is 44.9 Å². The molecule has 124 valence electrons. The van der Waals surface area contributed by atoms with Crippen LogP contribution in [0.25, 0.3) is 0 Å². The SMILES string of the molecule is Cl.NCC1CCCCC1NC(=O)CCOCC1CCCO1. The molecule has 0 radical (unpaired) electrons. The van der Waals surface area contributed by atoms with Crippen LogP contribution in [0.5, 0.6) is 0 Å². The van der Waals surface area contributed by atoms with Gasteiger partial charge in [-0.2, -0.15) is 0 Å². The molecule has 1 aliphatic carbocycles. The molecule has 3 N–H and O–H groups in total. The molecule has 5 nitrogen and oxygen atoms in total. The van der Waals surface area contributed by atoms with Crippen molar-refractivity contribution in [2.75, 3.05) is 26.4 Å². The van der Waals surface area contributed by atoms with Crippen molar-refractivity contribution in [2.45, 2.75) is 57.1 Å². The van der Waals surface area contributed by atoms with Crippen LogP contribution in [0.4, 0.5) is 0 Å². The maximum atomic E-state index is 11.9. The molecule has 0 bridgehead atoms. The van der Waals surface area contributed by atoms with Gasteiger partial charge in [0.25, 0.3) is 0 Å². The summed E-state index contributed by atoms with van der Waals surface area (Å²) in [5, 5.41) is 3.12. The van der Waals surface area contributed by atoms with Gasteiger partial charge in [-0.1, -0.05) is 12.8 Å². The Morgan fingerprint density at radius 1 is 1.24 bits per heavy atom. The Balaban J connectivity index is 0.00000220. The van der Waals surface area contributed by atoms with Gasteiger partial charge in [-0.25, -0.2) is 0 Å². The third-order valence-electron chi connectivity index (χ3n) is 4.36. The first-order valence-corrected chi connectivity index (χ1v) is 7.98. The van der Waals surface area contributed by atoms with Crippen molar-refractivity contribution in [1.29, 1.82) is 0 Å². The molecule has 2 fully saturated rings. The van der Waals surface area contributed by atoms with Crippen molar-refractivity contribution in [3.8, 4) is 0 Å². The van der Waals surface area contributed by atoms with Gasteiger partial charge in [0, 0.05) is 19.1 Å². The maximum absolute atomic E-state index is 11.9. The van der Waals surface area contributed by atoms with E-state index in [0.717, 1.165) is 32.3 Å². The van der Waals surface area contributed by atoms with E-state index in [2.05, 4.69) is 5.32 Å². The Kier molecular flexibility index (Phi) is 9.24. The highest BCUT2D eigenvalue weighted by atomic mass is 35.5. The Morgan fingerprint density at radius 3 is 2.76 bits per heavy atom. The largest absolute Gasteiger partial charge is 0.378 e. The zero-order valence-electron chi connectivity index (χ0n) is 12.7. The summed E-state index contributed by atoms with van der Waals surface area (Å²) in [5.74, 6) is 0.531. The lowest BCUT2D eigenvalue weighted by molar-refractivity contribution is -0.123. The number of amides is 1. The minimum absolute atomic E-state index is 0. The molecule has 0 aromatic heterocycles. The van der Waals surface area contributed by atoms with Crippen LogP contribution in [-0.4, -0.2) is 44.4 Å². The summed E-state index contributed by atoms with van der Waals surface area (Å²) >= 11 is 0. The van der Waals surface area contributed by atoms with Crippen molar-refractivity contribution in [3.05, 3.63) is 0 Å². The van der Waals surface area contributed by atoms with Crippen molar-refractivity contribution in [3.63, 3.8) is 0 Å². The normalized spacial score (nSPS) is 28.9. The summed E-state index contributed by atoms with van der Waals surface area (Å²) in [6.45, 7) is 2.60. The standard InChI is InChI=1S/C15H28N2O3.ClH/c16-10-12-4-1-2-6-14(12)17-15(18)7-9-19-11-13-5-3-8-20-13;/h12-14H,1-11,16H2,(H,17,18);1H. The lowest BCUT2D eigenvalue weighted by atomic mass is 9.84. The van der Waals surface area contributed by atoms with Crippen LogP contribution >= 0.6 is 12.4 Å². The molecular formula is C15H29ClN2O3. The maximum Gasteiger partial charge on any atom is 0.222 e. The lowest BCUT2D eigenvalue weighted by Crippen LogP contribution is -2.44. The second-order valence-corrected chi connectivity index (χ2v) is 5.91. The van der Waals surface area contributed by atoms with Crippen LogP contribution in [0.15, 0.2) is 0 Å². The van der Waals surface area contributed by atoms with Crippen molar-refractivity contribution >= 4 is 18.3 Å². The fraction of sp³-hybridized carbons (Fsp3) is 0.933. The van der Waals surface area contributed by atoms with E-state index < -0.39 is 0 Å². The number of hydrogen-bond acceptors (Lipinski definition) is 4. The quantitative estimate of drug-likeness (QED) is 0.699. The lowest BCUT2D eigenvalue weighted by Gasteiger charge is -2.31. The fourth-order valence-corrected chi connectivity index (χ4v) is 3.11. The molecule has 2 aliphatic rings. The van der Waals surface area contributed by atoms with Gasteiger partial charge >= 0.3 is 0 Å². The monoisotopic (exact) mass is 320 g/mol. The van der Waals surface area contributed by atoms with Crippen LogP contribution in [0.2, 0.25) is 0 Å². The number of nitrogens with two attached hydrogens (primary N) is 1. The molecule has 0 aromatic rings. The van der Waals surface area contributed by atoms with Crippen LogP contribution in [0, 0.1) is 5.92 Å². The minimum atomic E-state index is 0. The summed E-state index contributed by atoms with van der Waals surface area (Å²) in [6, 6.07) is 0.263. The van der Waals surface area contributed by atoms with E-state index in [1.54, 1.807) is 0 Å². The van der Waals surface area contributed by atoms with Gasteiger partial charge in [0.05, 0.1) is 19.3 Å². The average Bonchev–Trinajstić information content (AvgIpc) is 2.97. The van der Waals surface area contributed by atoms with Crippen LogP contribution in [0.3, 0.4) is 0 Å². The number of nitrogens with one attached hydrogen (secondary N) is 1. The number of halogens is 1. The smallest absolute Gasteiger partial charge is 0.222 e. The Bertz CT molecular complexity index is 299. The van der Waals surface area contributed by atoms with Gasteiger partial charge in [0.2, 0.25) is 5.91 Å². The predicted molar refractivity (Wildman–Crippen MR) is 84.6 cm³/mol. The number of carbonyl (C=O) groups is 1. The third kappa shape index (κ3) is 6.51. The second-order valence-electron chi connectivity index (χ2n) is 5.91. The van der Waals surface area contributed by atoms with Crippen LogP contribution < -0.4 is 11.1 Å². The van der Waals surface area contributed by atoms with Gasteiger partial charge in [-0.15, -0.1) is 12.4 Å². The van der Waals surface area contributed by atoms with E-state index >= 15 is 0 Å². The molecule has 1 amide bonds. The van der Waals surface area contributed by atoms with Gasteiger partial charge in [-0.3, -0.25) is 4.79 Å². The number of carbonyl (C=O) groups excluding carboxylic acids is 1. The number of hydrogen-bond donors (Lipinski definition) is 2. The average molecular weight is 321 g/mol. The molecule has 21 heavy (non-hydrogen) atoms. The van der Waals surface area contributed by atoms with E-state index in [0.29, 0.717) is 32.1 Å². The molecule has 0 aromatic carbocycles. The predicted octanol–water partition coefficient (Wildman–Crippen LogP) is 1.63. The van der Waals surface area contributed by atoms with Gasteiger partial charge in [0.15, 0.2) is 0 Å². The zero-order chi connectivity index (χ0) is 14.2. The van der Waals surface area contributed by atoms with Crippen LogP contribution in [-0.2, 0) is 14.3 Å². The van der Waals surface area contributed by atoms with Gasteiger partial charge < -0.3 is 20.5 Å². The van der Waals surface area contributed by atoms with E-state index in [-0.39, 0.29) is 30.5 Å². The van der Waals surface area contributed by atoms with E-state index in [1.165, 1.54) is 12.8 Å². The molecule has 1 heterocycles. The highest BCUT2D eigenvalue weighted by molar-refractivity contribution is 5.85. The fourth-order valence-electron chi connectivity index (χ4n) is 3.11. The van der Waals surface area contributed by atoms with Crippen molar-refractivity contribution < 1.29 is 14.3 Å². The molecule has 0 spiro atoms. The van der Waals surface area contributed by atoms with E-state index in [1.807, 2.05) is 0 Å². The summed E-state index contributed by atoms with van der Waals surface area (Å²) in [7, 11) is 0. The van der Waals surface area contributed by atoms with E-state index in [9.17, 15) is 4.79 Å². The molecule has 1 saturated heterocycles. The Labute approximate surface area is 133 Å². The Hall–Kier alpha value is -0.360. The first-order chi connectivity index (χ1) is 9.79. The topological polar surface area (TPSA) is 73.6 Å². The summed E-state index contributed by atoms with van der Waals surface area (Å²) in [5.41, 5.74) is 5.77. The van der Waals surface area contributed by atoms with Crippen molar-refractivity contribution in [2.24, 2.45) is 11.7 Å². The third-order valence-corrected chi connectivity index (χ3v) is 4.36. The molecule has 3 atom stereocenters. The Morgan fingerprint density at radius 2 is 2.05 bits per heavy atom. The minimum Gasteiger partial charge on any atom is -0.378 e. The molecule has 3 unspecified atom stereocenters. The summed E-state index contributed by atoms with van der Waals surface area (Å²) in [4.78, 5) is 11.9. The molecule has 6 heteroatoms. The van der Waals surface area contributed by atoms with Gasteiger partial charge in [0.1, 0.15) is 0 Å². The first-order valence-electron chi connectivity index (χ1n) is 7.98. The summed E-state index contributed by atoms with van der Waals surface area (Å²) < 4.78 is 11.0. The number of ether oxygens (including phenoxy) is 2.